The van der Waals surface area contributed by atoms with Gasteiger partial charge in [-0.3, -0.25) is 4.79 Å². The van der Waals surface area contributed by atoms with Crippen molar-refractivity contribution in [2.75, 3.05) is 11.9 Å². The third kappa shape index (κ3) is 1.20. The summed E-state index contributed by atoms with van der Waals surface area (Å²) >= 11 is 0. The van der Waals surface area contributed by atoms with Gasteiger partial charge in [0, 0.05) is 19.0 Å². The van der Waals surface area contributed by atoms with Crippen molar-refractivity contribution in [3.05, 3.63) is 42.5 Å². The lowest BCUT2D eigenvalue weighted by Crippen LogP contribution is -2.38. The second-order valence-electron chi connectivity index (χ2n) is 3.73. The van der Waals surface area contributed by atoms with Crippen LogP contribution in [-0.2, 0) is 10.4 Å². The molecule has 0 bridgehead atoms. The van der Waals surface area contributed by atoms with E-state index in [0.29, 0.717) is 5.56 Å². The molecule has 1 amide bonds. The van der Waals surface area contributed by atoms with E-state index in [9.17, 15) is 9.90 Å². The normalized spacial score (nSPS) is 24.1. The number of fused-ring (bicyclic) bond motifs is 1. The summed E-state index contributed by atoms with van der Waals surface area (Å²) in [5, 5.41) is 10.3. The van der Waals surface area contributed by atoms with Gasteiger partial charge < -0.3 is 10.0 Å². The summed E-state index contributed by atoms with van der Waals surface area (Å²) in [6.07, 6.45) is 1.81. The van der Waals surface area contributed by atoms with Crippen molar-refractivity contribution in [3.63, 3.8) is 0 Å². The average Bonchev–Trinajstić information content (AvgIpc) is 2.43. The largest absolute Gasteiger partial charge is 0.375 e. The standard InChI is InChI=1S/C12H13NO2/c1-3-8-12(15)9-6-4-5-7-10(9)13(2)11(12)14/h3-7,15H,1,8H2,2H3/t12-/m1/s1. The molecule has 0 radical (unpaired) electrons. The van der Waals surface area contributed by atoms with E-state index in [1.54, 1.807) is 19.2 Å². The van der Waals surface area contributed by atoms with Gasteiger partial charge >= 0.3 is 0 Å². The summed E-state index contributed by atoms with van der Waals surface area (Å²) in [6, 6.07) is 7.27. The molecule has 1 N–H and O–H groups in total. The first-order valence-electron chi connectivity index (χ1n) is 4.82. The van der Waals surface area contributed by atoms with Gasteiger partial charge in [-0.15, -0.1) is 6.58 Å². The topological polar surface area (TPSA) is 40.5 Å². The minimum atomic E-state index is -1.42. The lowest BCUT2D eigenvalue weighted by Gasteiger charge is -2.19. The maximum Gasteiger partial charge on any atom is 0.263 e. The predicted octanol–water partition coefficient (Wildman–Crippen LogP) is 1.43. The number of amides is 1. The lowest BCUT2D eigenvalue weighted by atomic mass is 9.92. The maximum absolute atomic E-state index is 11.9. The van der Waals surface area contributed by atoms with Crippen molar-refractivity contribution in [2.45, 2.75) is 12.0 Å². The molecule has 0 spiro atoms. The minimum absolute atomic E-state index is 0.243. The Hall–Kier alpha value is -1.61. The van der Waals surface area contributed by atoms with Gasteiger partial charge in [0.25, 0.3) is 5.91 Å². The SMILES string of the molecule is C=CC[C@]1(O)C(=O)N(C)c2ccccc21. The van der Waals surface area contributed by atoms with Gasteiger partial charge in [-0.1, -0.05) is 24.3 Å². The van der Waals surface area contributed by atoms with Gasteiger partial charge in [-0.25, -0.2) is 0 Å². The van der Waals surface area contributed by atoms with E-state index in [-0.39, 0.29) is 12.3 Å². The highest BCUT2D eigenvalue weighted by Gasteiger charge is 2.47. The monoisotopic (exact) mass is 203 g/mol. The van der Waals surface area contributed by atoms with Crippen LogP contribution >= 0.6 is 0 Å². The molecule has 1 aromatic rings. The molecule has 0 saturated heterocycles. The molecule has 0 aromatic heterocycles. The van der Waals surface area contributed by atoms with E-state index in [1.807, 2.05) is 18.2 Å². The number of anilines is 1. The number of aliphatic hydroxyl groups is 1. The first-order valence-corrected chi connectivity index (χ1v) is 4.82. The highest BCUT2D eigenvalue weighted by Crippen LogP contribution is 2.41. The number of hydrogen-bond acceptors (Lipinski definition) is 2. The molecule has 0 unspecified atom stereocenters. The summed E-state index contributed by atoms with van der Waals surface area (Å²) < 4.78 is 0. The fraction of sp³-hybridized carbons (Fsp3) is 0.250. The number of hydrogen-bond donors (Lipinski definition) is 1. The van der Waals surface area contributed by atoms with Gasteiger partial charge in [0.05, 0.1) is 5.69 Å². The molecule has 0 saturated carbocycles. The van der Waals surface area contributed by atoms with Crippen molar-refractivity contribution in [3.8, 4) is 0 Å². The maximum atomic E-state index is 11.9. The lowest BCUT2D eigenvalue weighted by molar-refractivity contribution is -0.135. The minimum Gasteiger partial charge on any atom is -0.375 e. The third-order valence-electron chi connectivity index (χ3n) is 2.81. The van der Waals surface area contributed by atoms with Crippen molar-refractivity contribution in [1.82, 2.24) is 0 Å². The molecular weight excluding hydrogens is 190 g/mol. The highest BCUT2D eigenvalue weighted by atomic mass is 16.3. The molecule has 1 atom stereocenters. The molecule has 3 nitrogen and oxygen atoms in total. The molecule has 1 heterocycles. The highest BCUT2D eigenvalue weighted by molar-refractivity contribution is 6.06. The summed E-state index contributed by atoms with van der Waals surface area (Å²) in [5.41, 5.74) is 0.0110. The van der Waals surface area contributed by atoms with E-state index >= 15 is 0 Å². The molecule has 15 heavy (non-hydrogen) atoms. The smallest absolute Gasteiger partial charge is 0.263 e. The quantitative estimate of drug-likeness (QED) is 0.738. The van der Waals surface area contributed by atoms with Crippen molar-refractivity contribution >= 4 is 11.6 Å². The Balaban J connectivity index is 2.60. The van der Waals surface area contributed by atoms with Crippen LogP contribution in [0.25, 0.3) is 0 Å². The molecule has 1 aliphatic heterocycles. The zero-order valence-corrected chi connectivity index (χ0v) is 8.60. The third-order valence-corrected chi connectivity index (χ3v) is 2.81. The second kappa shape index (κ2) is 3.21. The predicted molar refractivity (Wildman–Crippen MR) is 58.6 cm³/mol. The van der Waals surface area contributed by atoms with Gasteiger partial charge in [0.1, 0.15) is 0 Å². The van der Waals surface area contributed by atoms with E-state index in [0.717, 1.165) is 5.69 Å². The van der Waals surface area contributed by atoms with E-state index in [2.05, 4.69) is 6.58 Å². The number of carbonyl (C=O) groups excluding carboxylic acids is 1. The number of carbonyl (C=O) groups is 1. The van der Waals surface area contributed by atoms with Crippen LogP contribution in [0.1, 0.15) is 12.0 Å². The number of nitrogens with zero attached hydrogens (tertiary/aromatic N) is 1. The molecule has 2 rings (SSSR count). The van der Waals surface area contributed by atoms with Crippen LogP contribution in [0.4, 0.5) is 5.69 Å². The van der Waals surface area contributed by atoms with Crippen LogP contribution in [0, 0.1) is 0 Å². The molecule has 0 aliphatic carbocycles. The van der Waals surface area contributed by atoms with E-state index < -0.39 is 5.60 Å². The Morgan fingerprint density at radius 2 is 2.20 bits per heavy atom. The molecule has 3 heteroatoms. The summed E-state index contributed by atoms with van der Waals surface area (Å²) in [4.78, 5) is 13.4. The van der Waals surface area contributed by atoms with Gasteiger partial charge in [0.15, 0.2) is 5.60 Å². The van der Waals surface area contributed by atoms with E-state index in [1.165, 1.54) is 4.90 Å². The molecule has 1 aliphatic rings. The Labute approximate surface area is 88.6 Å². The Bertz CT molecular complexity index is 427. The summed E-state index contributed by atoms with van der Waals surface area (Å²) in [7, 11) is 1.67. The summed E-state index contributed by atoms with van der Waals surface area (Å²) in [6.45, 7) is 3.57. The Morgan fingerprint density at radius 1 is 1.53 bits per heavy atom. The van der Waals surface area contributed by atoms with Gasteiger partial charge in [-0.2, -0.15) is 0 Å². The fourth-order valence-electron chi connectivity index (χ4n) is 2.02. The second-order valence-corrected chi connectivity index (χ2v) is 3.73. The fourth-order valence-corrected chi connectivity index (χ4v) is 2.02. The zero-order chi connectivity index (χ0) is 11.1. The number of para-hydroxylation sites is 1. The molecule has 0 fully saturated rings. The van der Waals surface area contributed by atoms with Crippen LogP contribution in [0.3, 0.4) is 0 Å². The number of likely N-dealkylation sites (N-methyl/N-ethyl adjacent to an activating group) is 1. The van der Waals surface area contributed by atoms with Crippen LogP contribution in [0.2, 0.25) is 0 Å². The Kier molecular flexibility index (Phi) is 2.12. The van der Waals surface area contributed by atoms with Crippen molar-refractivity contribution < 1.29 is 9.90 Å². The number of benzene rings is 1. The molecule has 78 valence electrons. The number of rotatable bonds is 2. The van der Waals surface area contributed by atoms with Crippen LogP contribution in [0.15, 0.2) is 36.9 Å². The van der Waals surface area contributed by atoms with Crippen LogP contribution < -0.4 is 4.90 Å². The van der Waals surface area contributed by atoms with Gasteiger partial charge in [-0.05, 0) is 6.07 Å². The first kappa shape index (κ1) is 9.93. The summed E-state index contributed by atoms with van der Waals surface area (Å²) in [5.74, 6) is -0.288. The Morgan fingerprint density at radius 3 is 2.87 bits per heavy atom. The molecule has 1 aromatic carbocycles. The zero-order valence-electron chi connectivity index (χ0n) is 8.60. The molecular formula is C12H13NO2. The van der Waals surface area contributed by atoms with Gasteiger partial charge in [0.2, 0.25) is 0 Å². The first-order chi connectivity index (χ1) is 7.11. The average molecular weight is 203 g/mol. The van der Waals surface area contributed by atoms with Crippen molar-refractivity contribution in [2.24, 2.45) is 0 Å². The van der Waals surface area contributed by atoms with E-state index in [4.69, 9.17) is 0 Å². The van der Waals surface area contributed by atoms with Crippen LogP contribution in [0.5, 0.6) is 0 Å². The van der Waals surface area contributed by atoms with Crippen LogP contribution in [-0.4, -0.2) is 18.1 Å². The van der Waals surface area contributed by atoms with Crippen molar-refractivity contribution in [1.29, 1.82) is 0 Å².